The van der Waals surface area contributed by atoms with E-state index in [0.29, 0.717) is 25.7 Å². The van der Waals surface area contributed by atoms with Crippen LogP contribution in [0.4, 0.5) is 0 Å². The third-order valence-electron chi connectivity index (χ3n) is 17.1. The molecule has 0 aromatic heterocycles. The Labute approximate surface area is 609 Å². The number of esters is 4. The third-order valence-corrected chi connectivity index (χ3v) is 19.0. The first-order valence-corrected chi connectivity index (χ1v) is 43.2. The number of phosphoric acid groups is 2. The van der Waals surface area contributed by atoms with E-state index < -0.39 is 97.5 Å². The molecule has 17 nitrogen and oxygen atoms in total. The molecule has 0 radical (unpaired) electrons. The molecule has 0 aliphatic carbocycles. The molecule has 0 aromatic rings. The van der Waals surface area contributed by atoms with Crippen LogP contribution in [0.2, 0.25) is 0 Å². The third kappa shape index (κ3) is 72.8. The molecule has 19 heteroatoms. The van der Waals surface area contributed by atoms with E-state index in [1.165, 1.54) is 103 Å². The molecule has 0 fully saturated rings. The lowest BCUT2D eigenvalue weighted by Crippen LogP contribution is -2.30. The van der Waals surface area contributed by atoms with E-state index in [2.05, 4.69) is 101 Å². The summed E-state index contributed by atoms with van der Waals surface area (Å²) < 4.78 is 68.6. The van der Waals surface area contributed by atoms with Crippen LogP contribution < -0.4 is 0 Å². The van der Waals surface area contributed by atoms with Crippen molar-refractivity contribution in [3.8, 4) is 0 Å². The van der Waals surface area contributed by atoms with Crippen molar-refractivity contribution in [2.24, 2.45) is 0 Å². The minimum atomic E-state index is -4.98. The zero-order chi connectivity index (χ0) is 73.2. The SMILES string of the molecule is CCCCCC=CCC=CCCCCCCCC(=O)OCC(COP(=O)(O)OCC(O)COP(=O)(O)OCC(COC(=O)CCCCCCCCCC=CCCCCCC)OC(=O)CCCCCCCCCC=CCCCCCC)OC(=O)CCCCCCCC=CCC=CCCCCC. The average Bonchev–Trinajstić information content (AvgIpc) is 1.01. The van der Waals surface area contributed by atoms with E-state index in [-0.39, 0.29) is 25.7 Å². The number of aliphatic hydroxyl groups is 1. The first kappa shape index (κ1) is 96.5. The maximum Gasteiger partial charge on any atom is 0.472 e. The number of aliphatic hydroxyl groups excluding tert-OH is 1. The van der Waals surface area contributed by atoms with Gasteiger partial charge in [-0.15, -0.1) is 0 Å². The molecule has 5 unspecified atom stereocenters. The van der Waals surface area contributed by atoms with Gasteiger partial charge in [0, 0.05) is 25.7 Å². The van der Waals surface area contributed by atoms with E-state index in [1.807, 2.05) is 0 Å². The lowest BCUT2D eigenvalue weighted by molar-refractivity contribution is -0.161. The molecule has 0 saturated carbocycles. The first-order chi connectivity index (χ1) is 48.7. The van der Waals surface area contributed by atoms with Crippen LogP contribution in [0.25, 0.3) is 0 Å². The van der Waals surface area contributed by atoms with Gasteiger partial charge < -0.3 is 33.8 Å². The van der Waals surface area contributed by atoms with Gasteiger partial charge in [0.05, 0.1) is 26.4 Å². The van der Waals surface area contributed by atoms with Crippen LogP contribution in [0.15, 0.2) is 72.9 Å². The second-order valence-corrected chi connectivity index (χ2v) is 29.9. The topological polar surface area (TPSA) is 237 Å². The number of carbonyl (C=O) groups excluding carboxylic acids is 4. The van der Waals surface area contributed by atoms with Crippen molar-refractivity contribution in [2.75, 3.05) is 39.6 Å². The highest BCUT2D eigenvalue weighted by Gasteiger charge is 2.30. The molecule has 0 heterocycles. The predicted molar refractivity (Wildman–Crippen MR) is 409 cm³/mol. The van der Waals surface area contributed by atoms with Gasteiger partial charge in [-0.1, -0.05) is 268 Å². The molecule has 0 aliphatic heterocycles. The lowest BCUT2D eigenvalue weighted by Gasteiger charge is -2.21. The number of hydrogen-bond donors (Lipinski definition) is 3. The minimum absolute atomic E-state index is 0.0782. The molecule has 3 N–H and O–H groups in total. The smallest absolute Gasteiger partial charge is 0.462 e. The summed E-state index contributed by atoms with van der Waals surface area (Å²) >= 11 is 0. The molecular weight excluding hydrogens is 1310 g/mol. The number of allylic oxidation sites excluding steroid dienone is 12. The zero-order valence-electron chi connectivity index (χ0n) is 63.6. The summed E-state index contributed by atoms with van der Waals surface area (Å²) in [6, 6.07) is 0. The summed E-state index contributed by atoms with van der Waals surface area (Å²) in [5.41, 5.74) is 0. The van der Waals surface area contributed by atoms with Gasteiger partial charge in [-0.2, -0.15) is 0 Å². The Morgan fingerprint density at radius 2 is 0.490 bits per heavy atom. The summed E-state index contributed by atoms with van der Waals surface area (Å²) in [4.78, 5) is 73.0. The van der Waals surface area contributed by atoms with E-state index in [9.17, 15) is 43.2 Å². The van der Waals surface area contributed by atoms with Crippen molar-refractivity contribution in [3.63, 3.8) is 0 Å². The van der Waals surface area contributed by atoms with Gasteiger partial charge in [-0.05, 0) is 141 Å². The average molecular weight is 1450 g/mol. The lowest BCUT2D eigenvalue weighted by atomic mass is 10.1. The second kappa shape index (κ2) is 73.8. The number of unbranched alkanes of at least 4 members (excludes halogenated alkanes) is 38. The van der Waals surface area contributed by atoms with E-state index >= 15 is 0 Å². The van der Waals surface area contributed by atoms with Gasteiger partial charge >= 0.3 is 39.5 Å². The van der Waals surface area contributed by atoms with Crippen molar-refractivity contribution >= 4 is 39.5 Å². The zero-order valence-corrected chi connectivity index (χ0v) is 65.4. The van der Waals surface area contributed by atoms with Crippen LogP contribution in [-0.4, -0.2) is 96.7 Å². The maximum absolute atomic E-state index is 13.1. The van der Waals surface area contributed by atoms with Gasteiger partial charge in [-0.25, -0.2) is 9.13 Å². The number of carbonyl (C=O) groups is 4. The van der Waals surface area contributed by atoms with Crippen molar-refractivity contribution in [3.05, 3.63) is 72.9 Å². The van der Waals surface area contributed by atoms with Crippen molar-refractivity contribution < 1.29 is 80.2 Å². The standard InChI is InChI=1S/C81H146O17P2/c1-5-9-13-17-21-25-29-33-37-41-45-49-53-57-61-65-78(83)91-71-76(97-80(85)67-63-59-55-51-47-43-39-35-31-27-23-19-15-11-7-3)73-95-99(87,88)93-69-75(82)70-94-100(89,90)96-74-77(98-81(86)68-64-60-56-52-48-44-40-36-32-28-24-20-16-12-8-4)72-92-79(84)66-62-58-54-50-46-42-38-34-30-26-22-18-14-10-6-2/h21,23,25-28,30,32-33,35,37,39,75-77,82H,5-20,22,24,29,31,34,36,38,40-74H2,1-4H3,(H,87,88)(H,89,90). The van der Waals surface area contributed by atoms with Gasteiger partial charge in [-0.3, -0.25) is 37.3 Å². The molecule has 0 bridgehead atoms. The summed E-state index contributed by atoms with van der Waals surface area (Å²) in [7, 11) is -9.95. The Morgan fingerprint density at radius 1 is 0.280 bits per heavy atom. The van der Waals surface area contributed by atoms with E-state index in [4.69, 9.17) is 37.0 Å². The largest absolute Gasteiger partial charge is 0.472 e. The number of phosphoric ester groups is 2. The normalized spacial score (nSPS) is 14.3. The summed E-state index contributed by atoms with van der Waals surface area (Å²) in [5.74, 6) is -2.19. The Bertz CT molecular complexity index is 2180. The quantitative estimate of drug-likeness (QED) is 0.0169. The van der Waals surface area contributed by atoms with Crippen molar-refractivity contribution in [1.29, 1.82) is 0 Å². The van der Waals surface area contributed by atoms with Crippen molar-refractivity contribution in [2.45, 2.75) is 380 Å². The van der Waals surface area contributed by atoms with E-state index in [1.54, 1.807) is 0 Å². The molecule has 100 heavy (non-hydrogen) atoms. The fraction of sp³-hybridized carbons (Fsp3) is 0.802. The monoisotopic (exact) mass is 1450 g/mol. The highest BCUT2D eigenvalue weighted by molar-refractivity contribution is 7.47. The van der Waals surface area contributed by atoms with Gasteiger partial charge in [0.2, 0.25) is 0 Å². The Hall–Kier alpha value is -3.50. The fourth-order valence-corrected chi connectivity index (χ4v) is 12.5. The Kier molecular flexibility index (Phi) is 71.2. The van der Waals surface area contributed by atoms with Gasteiger partial charge in [0.15, 0.2) is 12.2 Å². The molecule has 0 aromatic carbocycles. The first-order valence-electron chi connectivity index (χ1n) is 40.2. The van der Waals surface area contributed by atoms with Crippen LogP contribution in [0, 0.1) is 0 Å². The Morgan fingerprint density at radius 3 is 0.770 bits per heavy atom. The summed E-state index contributed by atoms with van der Waals surface area (Å²) in [6.45, 7) is 4.82. The predicted octanol–water partition coefficient (Wildman–Crippen LogP) is 23.2. The van der Waals surface area contributed by atoms with E-state index in [0.717, 1.165) is 180 Å². The van der Waals surface area contributed by atoms with Gasteiger partial charge in [0.25, 0.3) is 0 Å². The second-order valence-electron chi connectivity index (χ2n) is 27.0. The highest BCUT2D eigenvalue weighted by atomic mass is 31.2. The van der Waals surface area contributed by atoms with Crippen LogP contribution in [0.3, 0.4) is 0 Å². The molecule has 5 atom stereocenters. The Balaban J connectivity index is 5.36. The minimum Gasteiger partial charge on any atom is -0.462 e. The highest BCUT2D eigenvalue weighted by Crippen LogP contribution is 2.45. The van der Waals surface area contributed by atoms with Gasteiger partial charge in [0.1, 0.15) is 19.3 Å². The molecule has 0 spiro atoms. The van der Waals surface area contributed by atoms with Crippen molar-refractivity contribution in [1.82, 2.24) is 0 Å². The molecule has 0 rings (SSSR count). The number of rotatable bonds is 76. The molecule has 0 amide bonds. The van der Waals surface area contributed by atoms with Crippen LogP contribution >= 0.6 is 15.6 Å². The molecule has 0 saturated heterocycles. The maximum atomic E-state index is 13.1. The summed E-state index contributed by atoms with van der Waals surface area (Å²) in [5, 5.41) is 10.6. The fourth-order valence-electron chi connectivity index (χ4n) is 10.9. The summed E-state index contributed by atoms with van der Waals surface area (Å²) in [6.07, 6.45) is 74.4. The van der Waals surface area contributed by atoms with Crippen LogP contribution in [0.5, 0.6) is 0 Å². The molecule has 582 valence electrons. The van der Waals surface area contributed by atoms with Crippen LogP contribution in [0.1, 0.15) is 362 Å². The number of hydrogen-bond acceptors (Lipinski definition) is 15. The molecular formula is C81H146O17P2. The van der Waals surface area contributed by atoms with Crippen LogP contribution in [-0.2, 0) is 65.4 Å². The molecule has 0 aliphatic rings. The number of ether oxygens (including phenoxy) is 4.